The van der Waals surface area contributed by atoms with E-state index in [1.807, 2.05) is 0 Å². The number of methoxy groups -OCH3 is 1. The lowest BCUT2D eigenvalue weighted by Crippen LogP contribution is -2.46. The SMILES string of the molecule is CCc1ccc(N2CCN(CCCOC)CC2)cc1. The third-order valence-corrected chi connectivity index (χ3v) is 3.90. The van der Waals surface area contributed by atoms with E-state index in [0.717, 1.165) is 39.1 Å². The van der Waals surface area contributed by atoms with Crippen molar-refractivity contribution in [3.05, 3.63) is 29.8 Å². The number of aryl methyl sites for hydroxylation is 1. The van der Waals surface area contributed by atoms with E-state index >= 15 is 0 Å². The van der Waals surface area contributed by atoms with Gasteiger partial charge in [-0.05, 0) is 30.5 Å². The smallest absolute Gasteiger partial charge is 0.0474 e. The number of hydrogen-bond donors (Lipinski definition) is 0. The highest BCUT2D eigenvalue weighted by Gasteiger charge is 2.16. The first-order valence-corrected chi connectivity index (χ1v) is 7.38. The highest BCUT2D eigenvalue weighted by atomic mass is 16.5. The summed E-state index contributed by atoms with van der Waals surface area (Å²) in [6.07, 6.45) is 2.26. The van der Waals surface area contributed by atoms with Crippen molar-refractivity contribution in [2.75, 3.05) is 51.3 Å². The van der Waals surface area contributed by atoms with Gasteiger partial charge in [0.1, 0.15) is 0 Å². The number of anilines is 1. The third-order valence-electron chi connectivity index (χ3n) is 3.90. The van der Waals surface area contributed by atoms with Gasteiger partial charge < -0.3 is 9.64 Å². The quantitative estimate of drug-likeness (QED) is 0.732. The molecule has 3 heteroatoms. The van der Waals surface area contributed by atoms with Crippen LogP contribution < -0.4 is 4.90 Å². The van der Waals surface area contributed by atoms with Crippen molar-refractivity contribution in [2.45, 2.75) is 19.8 Å². The van der Waals surface area contributed by atoms with Crippen LogP contribution in [0.5, 0.6) is 0 Å². The summed E-state index contributed by atoms with van der Waals surface area (Å²) in [5.74, 6) is 0. The van der Waals surface area contributed by atoms with Crippen LogP contribution >= 0.6 is 0 Å². The van der Waals surface area contributed by atoms with E-state index in [0.29, 0.717) is 0 Å². The minimum atomic E-state index is 0.874. The second-order valence-corrected chi connectivity index (χ2v) is 5.20. The fourth-order valence-corrected chi connectivity index (χ4v) is 2.60. The van der Waals surface area contributed by atoms with Crippen LogP contribution in [0.2, 0.25) is 0 Å². The molecule has 0 spiro atoms. The van der Waals surface area contributed by atoms with Crippen LogP contribution in [0.1, 0.15) is 18.9 Å². The molecule has 1 aromatic rings. The fourth-order valence-electron chi connectivity index (χ4n) is 2.60. The maximum atomic E-state index is 5.11. The Hall–Kier alpha value is -1.06. The molecule has 1 aliphatic rings. The van der Waals surface area contributed by atoms with Crippen LogP contribution in [-0.4, -0.2) is 51.3 Å². The van der Waals surface area contributed by atoms with Gasteiger partial charge in [0.05, 0.1) is 0 Å². The Morgan fingerprint density at radius 1 is 1.05 bits per heavy atom. The Labute approximate surface area is 117 Å². The Morgan fingerprint density at radius 3 is 2.32 bits per heavy atom. The highest BCUT2D eigenvalue weighted by molar-refractivity contribution is 5.48. The molecule has 0 aliphatic carbocycles. The minimum Gasteiger partial charge on any atom is -0.385 e. The second-order valence-electron chi connectivity index (χ2n) is 5.20. The summed E-state index contributed by atoms with van der Waals surface area (Å²) < 4.78 is 5.11. The van der Waals surface area contributed by atoms with Gasteiger partial charge >= 0.3 is 0 Å². The van der Waals surface area contributed by atoms with Gasteiger partial charge in [-0.3, -0.25) is 4.90 Å². The summed E-state index contributed by atoms with van der Waals surface area (Å²) in [6, 6.07) is 9.03. The summed E-state index contributed by atoms with van der Waals surface area (Å²) >= 11 is 0. The Morgan fingerprint density at radius 2 is 1.74 bits per heavy atom. The Kier molecular flexibility index (Phi) is 5.67. The van der Waals surface area contributed by atoms with E-state index in [1.165, 1.54) is 24.3 Å². The predicted octanol–water partition coefficient (Wildman–Crippen LogP) is 2.41. The van der Waals surface area contributed by atoms with E-state index in [-0.39, 0.29) is 0 Å². The number of ether oxygens (including phenoxy) is 1. The van der Waals surface area contributed by atoms with E-state index < -0.39 is 0 Å². The van der Waals surface area contributed by atoms with Crippen molar-refractivity contribution in [1.29, 1.82) is 0 Å². The standard InChI is InChI=1S/C16H26N2O/c1-3-15-5-7-16(8-6-15)18-12-10-17(11-13-18)9-4-14-19-2/h5-8H,3-4,9-14H2,1-2H3. The molecular formula is C16H26N2O. The van der Waals surface area contributed by atoms with Gasteiger partial charge in [0.25, 0.3) is 0 Å². The summed E-state index contributed by atoms with van der Waals surface area (Å²) in [7, 11) is 1.78. The molecule has 0 aromatic heterocycles. The predicted molar refractivity (Wildman–Crippen MR) is 81.0 cm³/mol. The van der Waals surface area contributed by atoms with E-state index in [2.05, 4.69) is 41.0 Å². The Balaban J connectivity index is 1.78. The second kappa shape index (κ2) is 7.51. The molecular weight excluding hydrogens is 236 g/mol. The van der Waals surface area contributed by atoms with Crippen LogP contribution in [0, 0.1) is 0 Å². The first-order valence-electron chi connectivity index (χ1n) is 7.38. The van der Waals surface area contributed by atoms with E-state index in [9.17, 15) is 0 Å². The molecule has 1 aromatic carbocycles. The van der Waals surface area contributed by atoms with Gasteiger partial charge in [-0.15, -0.1) is 0 Å². The van der Waals surface area contributed by atoms with Crippen LogP contribution in [0.3, 0.4) is 0 Å². The molecule has 3 nitrogen and oxygen atoms in total. The maximum absolute atomic E-state index is 5.11. The van der Waals surface area contributed by atoms with Gasteiger partial charge in [0, 0.05) is 52.1 Å². The molecule has 0 radical (unpaired) electrons. The fraction of sp³-hybridized carbons (Fsp3) is 0.625. The summed E-state index contributed by atoms with van der Waals surface area (Å²) in [6.45, 7) is 8.85. The molecule has 1 heterocycles. The zero-order valence-electron chi connectivity index (χ0n) is 12.3. The summed E-state index contributed by atoms with van der Waals surface area (Å²) in [4.78, 5) is 5.03. The van der Waals surface area contributed by atoms with Crippen molar-refractivity contribution in [1.82, 2.24) is 4.90 Å². The lowest BCUT2D eigenvalue weighted by molar-refractivity contribution is 0.169. The van der Waals surface area contributed by atoms with Crippen molar-refractivity contribution < 1.29 is 4.74 Å². The van der Waals surface area contributed by atoms with E-state index in [4.69, 9.17) is 4.74 Å². The number of rotatable bonds is 6. The molecule has 1 aliphatic heterocycles. The Bertz CT molecular complexity index is 356. The molecule has 0 unspecified atom stereocenters. The molecule has 1 saturated heterocycles. The first kappa shape index (κ1) is 14.4. The average Bonchev–Trinajstić information content (AvgIpc) is 2.48. The third kappa shape index (κ3) is 4.22. The van der Waals surface area contributed by atoms with Crippen LogP contribution in [-0.2, 0) is 11.2 Å². The number of benzene rings is 1. The molecule has 0 saturated carbocycles. The lowest BCUT2D eigenvalue weighted by Gasteiger charge is -2.36. The first-order chi connectivity index (χ1) is 9.33. The zero-order chi connectivity index (χ0) is 13.5. The van der Waals surface area contributed by atoms with Gasteiger partial charge in [-0.2, -0.15) is 0 Å². The van der Waals surface area contributed by atoms with Crippen molar-refractivity contribution in [3.63, 3.8) is 0 Å². The van der Waals surface area contributed by atoms with Crippen molar-refractivity contribution in [3.8, 4) is 0 Å². The molecule has 2 rings (SSSR count). The van der Waals surface area contributed by atoms with Gasteiger partial charge in [-0.1, -0.05) is 19.1 Å². The van der Waals surface area contributed by atoms with Gasteiger partial charge in [0.15, 0.2) is 0 Å². The van der Waals surface area contributed by atoms with Crippen molar-refractivity contribution in [2.24, 2.45) is 0 Å². The van der Waals surface area contributed by atoms with Crippen LogP contribution in [0.4, 0.5) is 5.69 Å². The zero-order valence-corrected chi connectivity index (χ0v) is 12.3. The average molecular weight is 262 g/mol. The topological polar surface area (TPSA) is 15.7 Å². The largest absolute Gasteiger partial charge is 0.385 e. The monoisotopic (exact) mass is 262 g/mol. The summed E-state index contributed by atoms with van der Waals surface area (Å²) in [5, 5.41) is 0. The minimum absolute atomic E-state index is 0.874. The molecule has 0 atom stereocenters. The lowest BCUT2D eigenvalue weighted by atomic mass is 10.1. The van der Waals surface area contributed by atoms with E-state index in [1.54, 1.807) is 7.11 Å². The molecule has 106 valence electrons. The number of nitrogens with zero attached hydrogens (tertiary/aromatic N) is 2. The highest BCUT2D eigenvalue weighted by Crippen LogP contribution is 2.17. The molecule has 0 amide bonds. The molecule has 19 heavy (non-hydrogen) atoms. The van der Waals surface area contributed by atoms with Crippen molar-refractivity contribution >= 4 is 5.69 Å². The van der Waals surface area contributed by atoms with Crippen LogP contribution in [0.25, 0.3) is 0 Å². The maximum Gasteiger partial charge on any atom is 0.0474 e. The van der Waals surface area contributed by atoms with Gasteiger partial charge in [-0.25, -0.2) is 0 Å². The summed E-state index contributed by atoms with van der Waals surface area (Å²) in [5.41, 5.74) is 2.79. The number of hydrogen-bond acceptors (Lipinski definition) is 3. The van der Waals surface area contributed by atoms with Crippen LogP contribution in [0.15, 0.2) is 24.3 Å². The molecule has 0 N–H and O–H groups in total. The van der Waals surface area contributed by atoms with Gasteiger partial charge in [0.2, 0.25) is 0 Å². The number of piperazine rings is 1. The molecule has 0 bridgehead atoms. The molecule has 1 fully saturated rings. The normalized spacial score (nSPS) is 16.8.